The van der Waals surface area contributed by atoms with Crippen molar-refractivity contribution in [3.8, 4) is 22.7 Å². The second kappa shape index (κ2) is 5.68. The van der Waals surface area contributed by atoms with Crippen molar-refractivity contribution < 1.29 is 5.11 Å². The molecule has 1 heterocycles. The predicted molar refractivity (Wildman–Crippen MR) is 89.5 cm³/mol. The molecule has 1 aromatic heterocycles. The molecule has 1 N–H and O–H groups in total. The summed E-state index contributed by atoms with van der Waals surface area (Å²) in [7, 11) is 0. The van der Waals surface area contributed by atoms with Crippen molar-refractivity contribution in [2.45, 2.75) is 26.7 Å². The highest BCUT2D eigenvalue weighted by atomic mass is 16.3. The molecular weight excluding hydrogens is 272 g/mol. The number of aromatic nitrogens is 2. The van der Waals surface area contributed by atoms with Crippen LogP contribution in [0.1, 0.15) is 31.0 Å². The van der Waals surface area contributed by atoms with E-state index in [0.29, 0.717) is 5.69 Å². The van der Waals surface area contributed by atoms with Gasteiger partial charge in [0.05, 0.1) is 11.4 Å². The molecule has 112 valence electrons. The number of para-hydroxylation sites is 1. The molecular formula is C19H20N2O. The van der Waals surface area contributed by atoms with Crippen LogP contribution in [0.3, 0.4) is 0 Å². The van der Waals surface area contributed by atoms with Crippen LogP contribution in [0.4, 0.5) is 0 Å². The summed E-state index contributed by atoms with van der Waals surface area (Å²) < 4.78 is 1.87. The summed E-state index contributed by atoms with van der Waals surface area (Å²) in [5.41, 5.74) is 4.53. The molecule has 22 heavy (non-hydrogen) atoms. The van der Waals surface area contributed by atoms with E-state index in [2.05, 4.69) is 26.8 Å². The summed E-state index contributed by atoms with van der Waals surface area (Å²) in [4.78, 5) is 0. The maximum Gasteiger partial charge on any atom is 0.165 e. The van der Waals surface area contributed by atoms with Crippen molar-refractivity contribution in [2.24, 2.45) is 0 Å². The lowest BCUT2D eigenvalue weighted by Crippen LogP contribution is -2.05. The van der Waals surface area contributed by atoms with Gasteiger partial charge in [0.15, 0.2) is 5.75 Å². The summed E-state index contributed by atoms with van der Waals surface area (Å²) in [5, 5.41) is 15.4. The van der Waals surface area contributed by atoms with E-state index in [9.17, 15) is 5.11 Å². The van der Waals surface area contributed by atoms with E-state index in [1.807, 2.05) is 53.2 Å². The van der Waals surface area contributed by atoms with Gasteiger partial charge in [-0.1, -0.05) is 62.4 Å². The molecule has 0 saturated carbocycles. The Morgan fingerprint density at radius 2 is 1.59 bits per heavy atom. The fourth-order valence-corrected chi connectivity index (χ4v) is 2.72. The SMILES string of the molecule is Cc1ccccc1-n1nc(-c2ccccc2)c(O)c1C(C)C. The second-order valence-corrected chi connectivity index (χ2v) is 5.80. The van der Waals surface area contributed by atoms with E-state index < -0.39 is 0 Å². The largest absolute Gasteiger partial charge is 0.504 e. The highest BCUT2D eigenvalue weighted by molar-refractivity contribution is 5.68. The molecule has 3 nitrogen and oxygen atoms in total. The maximum atomic E-state index is 10.7. The van der Waals surface area contributed by atoms with Crippen molar-refractivity contribution in [1.29, 1.82) is 0 Å². The Hall–Kier alpha value is -2.55. The number of hydrogen-bond acceptors (Lipinski definition) is 2. The van der Waals surface area contributed by atoms with E-state index in [1.165, 1.54) is 0 Å². The van der Waals surface area contributed by atoms with Gasteiger partial charge in [0.25, 0.3) is 0 Å². The Morgan fingerprint density at radius 1 is 0.955 bits per heavy atom. The summed E-state index contributed by atoms with van der Waals surface area (Å²) in [6.45, 7) is 6.20. The lowest BCUT2D eigenvalue weighted by molar-refractivity contribution is 0.464. The molecule has 0 aliphatic rings. The molecule has 3 heteroatoms. The lowest BCUT2D eigenvalue weighted by atomic mass is 10.1. The van der Waals surface area contributed by atoms with Gasteiger partial charge in [0.1, 0.15) is 5.69 Å². The number of aromatic hydroxyl groups is 1. The smallest absolute Gasteiger partial charge is 0.165 e. The van der Waals surface area contributed by atoms with Crippen molar-refractivity contribution in [3.05, 3.63) is 65.9 Å². The van der Waals surface area contributed by atoms with Crippen LogP contribution in [-0.2, 0) is 0 Å². The zero-order valence-corrected chi connectivity index (χ0v) is 13.1. The molecule has 0 radical (unpaired) electrons. The topological polar surface area (TPSA) is 38.0 Å². The minimum atomic E-state index is 0.171. The minimum absolute atomic E-state index is 0.171. The number of nitrogens with zero attached hydrogens (tertiary/aromatic N) is 2. The summed E-state index contributed by atoms with van der Waals surface area (Å²) in [6, 6.07) is 17.9. The summed E-state index contributed by atoms with van der Waals surface area (Å²) >= 11 is 0. The van der Waals surface area contributed by atoms with E-state index in [-0.39, 0.29) is 11.7 Å². The van der Waals surface area contributed by atoms with Crippen LogP contribution in [-0.4, -0.2) is 14.9 Å². The molecule has 3 rings (SSSR count). The van der Waals surface area contributed by atoms with Gasteiger partial charge in [-0.15, -0.1) is 0 Å². The average Bonchev–Trinajstić information content (AvgIpc) is 2.86. The third-order valence-corrected chi connectivity index (χ3v) is 3.83. The summed E-state index contributed by atoms with van der Waals surface area (Å²) in [6.07, 6.45) is 0. The third-order valence-electron chi connectivity index (χ3n) is 3.83. The van der Waals surface area contributed by atoms with Gasteiger partial charge >= 0.3 is 0 Å². The van der Waals surface area contributed by atoms with Gasteiger partial charge in [0, 0.05) is 5.56 Å². The Labute approximate surface area is 130 Å². The highest BCUT2D eigenvalue weighted by Gasteiger charge is 2.22. The van der Waals surface area contributed by atoms with Gasteiger partial charge in [-0.2, -0.15) is 5.10 Å². The maximum absolute atomic E-state index is 10.7. The molecule has 0 spiro atoms. The fourth-order valence-electron chi connectivity index (χ4n) is 2.72. The molecule has 0 saturated heterocycles. The van der Waals surface area contributed by atoms with Crippen molar-refractivity contribution in [3.63, 3.8) is 0 Å². The van der Waals surface area contributed by atoms with Crippen LogP contribution in [0.25, 0.3) is 16.9 Å². The second-order valence-electron chi connectivity index (χ2n) is 5.80. The van der Waals surface area contributed by atoms with E-state index >= 15 is 0 Å². The normalized spacial score (nSPS) is 11.1. The van der Waals surface area contributed by atoms with Crippen LogP contribution in [0.15, 0.2) is 54.6 Å². The van der Waals surface area contributed by atoms with Gasteiger partial charge in [-0.3, -0.25) is 0 Å². The number of hydrogen-bond donors (Lipinski definition) is 1. The number of benzene rings is 2. The quantitative estimate of drug-likeness (QED) is 0.761. The molecule has 0 unspecified atom stereocenters. The molecule has 0 aliphatic carbocycles. The van der Waals surface area contributed by atoms with Crippen LogP contribution in [0.2, 0.25) is 0 Å². The van der Waals surface area contributed by atoms with Crippen molar-refractivity contribution in [2.75, 3.05) is 0 Å². The standard InChI is InChI=1S/C19H20N2O/c1-13(2)18-19(22)17(15-10-5-4-6-11-15)20-21(18)16-12-8-7-9-14(16)3/h4-13,22H,1-3H3. The molecule has 2 aromatic carbocycles. The molecule has 0 fully saturated rings. The molecule has 0 bridgehead atoms. The number of aryl methyl sites for hydroxylation is 1. The van der Waals surface area contributed by atoms with Crippen molar-refractivity contribution in [1.82, 2.24) is 9.78 Å². The van der Waals surface area contributed by atoms with Crippen molar-refractivity contribution >= 4 is 0 Å². The van der Waals surface area contributed by atoms with Gasteiger partial charge in [-0.05, 0) is 24.5 Å². The van der Waals surface area contributed by atoms with E-state index in [1.54, 1.807) is 0 Å². The first kappa shape index (κ1) is 14.4. The monoisotopic (exact) mass is 292 g/mol. The van der Waals surface area contributed by atoms with Crippen LogP contribution >= 0.6 is 0 Å². The Kier molecular flexibility index (Phi) is 3.72. The zero-order valence-electron chi connectivity index (χ0n) is 13.1. The van der Waals surface area contributed by atoms with Gasteiger partial charge in [0.2, 0.25) is 0 Å². The first-order valence-electron chi connectivity index (χ1n) is 7.53. The van der Waals surface area contributed by atoms with Crippen LogP contribution < -0.4 is 0 Å². The predicted octanol–water partition coefficient (Wildman–Crippen LogP) is 4.68. The average molecular weight is 292 g/mol. The molecule has 0 atom stereocenters. The lowest BCUT2D eigenvalue weighted by Gasteiger charge is -2.12. The van der Waals surface area contributed by atoms with Gasteiger partial charge < -0.3 is 5.11 Å². The van der Waals surface area contributed by atoms with E-state index in [0.717, 1.165) is 22.5 Å². The Balaban J connectivity index is 2.25. The summed E-state index contributed by atoms with van der Waals surface area (Å²) in [5.74, 6) is 0.439. The van der Waals surface area contributed by atoms with Crippen LogP contribution in [0, 0.1) is 6.92 Å². The first-order valence-corrected chi connectivity index (χ1v) is 7.53. The molecule has 0 aliphatic heterocycles. The highest BCUT2D eigenvalue weighted by Crippen LogP contribution is 2.37. The molecule has 0 amide bonds. The Bertz CT molecular complexity index is 788. The van der Waals surface area contributed by atoms with Gasteiger partial charge in [-0.25, -0.2) is 4.68 Å². The third kappa shape index (κ3) is 2.39. The Morgan fingerprint density at radius 3 is 2.23 bits per heavy atom. The number of rotatable bonds is 3. The molecule has 3 aromatic rings. The first-order chi connectivity index (χ1) is 10.6. The van der Waals surface area contributed by atoms with E-state index in [4.69, 9.17) is 5.10 Å². The fraction of sp³-hybridized carbons (Fsp3) is 0.211. The minimum Gasteiger partial charge on any atom is -0.504 e. The zero-order chi connectivity index (χ0) is 15.7. The van der Waals surface area contributed by atoms with Crippen LogP contribution in [0.5, 0.6) is 5.75 Å².